The van der Waals surface area contributed by atoms with Crippen molar-refractivity contribution in [2.75, 3.05) is 26.3 Å². The molecule has 0 spiro atoms. The second kappa shape index (κ2) is 9.96. The van der Waals surface area contributed by atoms with E-state index in [4.69, 9.17) is 10.2 Å². The maximum absolute atomic E-state index is 8.93. The Morgan fingerprint density at radius 2 is 1.42 bits per heavy atom. The van der Waals surface area contributed by atoms with E-state index in [9.17, 15) is 0 Å². The van der Waals surface area contributed by atoms with E-state index >= 15 is 0 Å². The predicted molar refractivity (Wildman–Crippen MR) is 79.1 cm³/mol. The van der Waals surface area contributed by atoms with Crippen LogP contribution in [0.4, 0.5) is 0 Å². The van der Waals surface area contributed by atoms with Gasteiger partial charge in [0, 0.05) is 32.8 Å². The zero-order valence-corrected chi connectivity index (χ0v) is 12.0. The van der Waals surface area contributed by atoms with Crippen molar-refractivity contribution in [1.82, 2.24) is 4.90 Å². The minimum atomic E-state index is 0.227. The highest BCUT2D eigenvalue weighted by Crippen LogP contribution is 2.10. The molecule has 2 N–H and O–H groups in total. The molecule has 0 saturated heterocycles. The summed E-state index contributed by atoms with van der Waals surface area (Å²) in [5, 5.41) is 17.9. The Morgan fingerprint density at radius 3 is 1.89 bits per heavy atom. The number of hydrogen-bond acceptors (Lipinski definition) is 3. The lowest BCUT2D eigenvalue weighted by Gasteiger charge is -2.21. The third-order valence-corrected chi connectivity index (χ3v) is 3.23. The maximum Gasteiger partial charge on any atom is 0.0443 e. The van der Waals surface area contributed by atoms with Gasteiger partial charge >= 0.3 is 0 Å². The normalized spacial score (nSPS) is 11.2. The monoisotopic (exact) mass is 265 g/mol. The van der Waals surface area contributed by atoms with Gasteiger partial charge in [0.15, 0.2) is 0 Å². The second-order valence-corrected chi connectivity index (χ2v) is 5.00. The quantitative estimate of drug-likeness (QED) is 0.681. The lowest BCUT2D eigenvalue weighted by molar-refractivity contribution is 0.196. The van der Waals surface area contributed by atoms with Crippen LogP contribution in [0, 0.1) is 0 Å². The van der Waals surface area contributed by atoms with E-state index in [0.29, 0.717) is 0 Å². The minimum absolute atomic E-state index is 0.227. The molecule has 1 aromatic carbocycles. The van der Waals surface area contributed by atoms with Crippen LogP contribution in [0.25, 0.3) is 0 Å². The standard InChI is InChI=1S/C16H27NO2/c1-2-5-15-6-8-16(9-7-15)14-17(10-3-12-18)11-4-13-19/h6-9,18-19H,2-5,10-14H2,1H3. The fourth-order valence-corrected chi connectivity index (χ4v) is 2.22. The topological polar surface area (TPSA) is 43.7 Å². The molecule has 0 aliphatic rings. The highest BCUT2D eigenvalue weighted by molar-refractivity contribution is 5.22. The molecule has 0 unspecified atom stereocenters. The Morgan fingerprint density at radius 1 is 0.895 bits per heavy atom. The SMILES string of the molecule is CCCc1ccc(CN(CCCO)CCCO)cc1. The van der Waals surface area contributed by atoms with Crippen molar-refractivity contribution in [1.29, 1.82) is 0 Å². The van der Waals surface area contributed by atoms with Gasteiger partial charge in [-0.1, -0.05) is 37.6 Å². The van der Waals surface area contributed by atoms with Gasteiger partial charge < -0.3 is 10.2 Å². The molecule has 0 aliphatic heterocycles. The number of benzene rings is 1. The van der Waals surface area contributed by atoms with E-state index < -0.39 is 0 Å². The van der Waals surface area contributed by atoms with E-state index in [1.807, 2.05) is 0 Å². The van der Waals surface area contributed by atoms with E-state index in [1.165, 1.54) is 17.5 Å². The molecule has 3 heteroatoms. The third-order valence-electron chi connectivity index (χ3n) is 3.23. The Hall–Kier alpha value is -0.900. The van der Waals surface area contributed by atoms with E-state index in [0.717, 1.165) is 38.9 Å². The molecular weight excluding hydrogens is 238 g/mol. The van der Waals surface area contributed by atoms with Gasteiger partial charge in [-0.2, -0.15) is 0 Å². The first-order chi connectivity index (χ1) is 9.30. The average molecular weight is 265 g/mol. The molecular formula is C16H27NO2. The molecule has 0 heterocycles. The molecule has 1 aromatic rings. The van der Waals surface area contributed by atoms with Crippen LogP contribution in [-0.4, -0.2) is 41.4 Å². The van der Waals surface area contributed by atoms with Crippen molar-refractivity contribution >= 4 is 0 Å². The van der Waals surface area contributed by atoms with Crippen LogP contribution in [0.1, 0.15) is 37.3 Å². The number of hydrogen-bond donors (Lipinski definition) is 2. The molecule has 1 rings (SSSR count). The highest BCUT2D eigenvalue weighted by atomic mass is 16.3. The second-order valence-electron chi connectivity index (χ2n) is 5.00. The molecule has 0 aliphatic carbocycles. The fraction of sp³-hybridized carbons (Fsp3) is 0.625. The molecule has 0 fully saturated rings. The summed E-state index contributed by atoms with van der Waals surface area (Å²) >= 11 is 0. The lowest BCUT2D eigenvalue weighted by Crippen LogP contribution is -2.26. The molecule has 19 heavy (non-hydrogen) atoms. The summed E-state index contributed by atoms with van der Waals surface area (Å²) in [5.41, 5.74) is 2.69. The number of nitrogens with zero attached hydrogens (tertiary/aromatic N) is 1. The number of aliphatic hydroxyl groups is 2. The smallest absolute Gasteiger partial charge is 0.0443 e. The van der Waals surface area contributed by atoms with Crippen molar-refractivity contribution < 1.29 is 10.2 Å². The van der Waals surface area contributed by atoms with Gasteiger partial charge in [-0.15, -0.1) is 0 Å². The van der Waals surface area contributed by atoms with Crippen LogP contribution < -0.4 is 0 Å². The summed E-state index contributed by atoms with van der Waals surface area (Å²) in [4.78, 5) is 2.29. The largest absolute Gasteiger partial charge is 0.396 e. The van der Waals surface area contributed by atoms with Crippen molar-refractivity contribution in [2.24, 2.45) is 0 Å². The predicted octanol–water partition coefficient (Wildman–Crippen LogP) is 2.21. The van der Waals surface area contributed by atoms with Gasteiger partial charge in [0.1, 0.15) is 0 Å². The first-order valence-electron chi connectivity index (χ1n) is 7.32. The zero-order valence-electron chi connectivity index (χ0n) is 12.0. The van der Waals surface area contributed by atoms with Crippen molar-refractivity contribution in [3.8, 4) is 0 Å². The van der Waals surface area contributed by atoms with E-state index in [-0.39, 0.29) is 13.2 Å². The molecule has 0 radical (unpaired) electrons. The summed E-state index contributed by atoms with van der Waals surface area (Å²) in [6.45, 7) is 5.31. The lowest BCUT2D eigenvalue weighted by atomic mass is 10.1. The molecule has 0 amide bonds. The van der Waals surface area contributed by atoms with Crippen LogP contribution >= 0.6 is 0 Å². The van der Waals surface area contributed by atoms with Gasteiger partial charge in [0.05, 0.1) is 0 Å². The summed E-state index contributed by atoms with van der Waals surface area (Å²) < 4.78 is 0. The van der Waals surface area contributed by atoms with Gasteiger partial charge in [0.25, 0.3) is 0 Å². The molecule has 108 valence electrons. The highest BCUT2D eigenvalue weighted by Gasteiger charge is 2.05. The summed E-state index contributed by atoms with van der Waals surface area (Å²) in [6, 6.07) is 8.79. The average Bonchev–Trinajstić information content (AvgIpc) is 2.44. The number of aliphatic hydroxyl groups excluding tert-OH is 2. The summed E-state index contributed by atoms with van der Waals surface area (Å²) in [7, 11) is 0. The number of aryl methyl sites for hydroxylation is 1. The fourth-order valence-electron chi connectivity index (χ4n) is 2.22. The van der Waals surface area contributed by atoms with E-state index in [1.54, 1.807) is 0 Å². The molecule has 0 atom stereocenters. The van der Waals surface area contributed by atoms with Crippen LogP contribution in [0.15, 0.2) is 24.3 Å². The molecule has 0 aromatic heterocycles. The Labute approximate surface area is 116 Å². The van der Waals surface area contributed by atoms with Gasteiger partial charge in [-0.3, -0.25) is 4.90 Å². The molecule has 0 bridgehead atoms. The van der Waals surface area contributed by atoms with Crippen molar-refractivity contribution in [2.45, 2.75) is 39.2 Å². The van der Waals surface area contributed by atoms with Gasteiger partial charge in [-0.05, 0) is 30.4 Å². The Balaban J connectivity index is 2.51. The van der Waals surface area contributed by atoms with Crippen LogP contribution in [-0.2, 0) is 13.0 Å². The van der Waals surface area contributed by atoms with Crippen LogP contribution in [0.5, 0.6) is 0 Å². The summed E-state index contributed by atoms with van der Waals surface area (Å²) in [6.07, 6.45) is 3.90. The van der Waals surface area contributed by atoms with Gasteiger partial charge in [0.2, 0.25) is 0 Å². The van der Waals surface area contributed by atoms with Crippen LogP contribution in [0.3, 0.4) is 0 Å². The van der Waals surface area contributed by atoms with Crippen molar-refractivity contribution in [3.63, 3.8) is 0 Å². The molecule has 0 saturated carbocycles. The van der Waals surface area contributed by atoms with E-state index in [2.05, 4.69) is 36.1 Å². The number of rotatable bonds is 10. The zero-order chi connectivity index (χ0) is 13.9. The van der Waals surface area contributed by atoms with Crippen LogP contribution in [0.2, 0.25) is 0 Å². The minimum Gasteiger partial charge on any atom is -0.396 e. The third kappa shape index (κ3) is 6.71. The first-order valence-corrected chi connectivity index (χ1v) is 7.32. The Kier molecular flexibility index (Phi) is 8.47. The Bertz CT molecular complexity index is 316. The van der Waals surface area contributed by atoms with Crippen molar-refractivity contribution in [3.05, 3.63) is 35.4 Å². The maximum atomic E-state index is 8.93. The summed E-state index contributed by atoms with van der Waals surface area (Å²) in [5.74, 6) is 0. The first kappa shape index (κ1) is 16.2. The van der Waals surface area contributed by atoms with Gasteiger partial charge in [-0.25, -0.2) is 0 Å². The molecule has 3 nitrogen and oxygen atoms in total.